The predicted molar refractivity (Wildman–Crippen MR) is 102 cm³/mol. The van der Waals surface area contributed by atoms with Crippen LogP contribution in [0.4, 0.5) is 0 Å². The molecule has 2 aromatic rings. The Kier molecular flexibility index (Phi) is 7.23. The third-order valence-electron chi connectivity index (χ3n) is 4.38. The summed E-state index contributed by atoms with van der Waals surface area (Å²) < 4.78 is 10.5. The van der Waals surface area contributed by atoms with Crippen molar-refractivity contribution in [2.75, 3.05) is 14.2 Å². The van der Waals surface area contributed by atoms with Gasteiger partial charge in [0.05, 0.1) is 14.2 Å². The minimum absolute atomic E-state index is 0.195. The summed E-state index contributed by atoms with van der Waals surface area (Å²) in [5.41, 5.74) is 1.78. The number of carboxylic acids is 1. The molecule has 0 fully saturated rings. The van der Waals surface area contributed by atoms with Gasteiger partial charge >= 0.3 is 5.97 Å². The number of hydrogen-bond acceptors (Lipinski definition) is 4. The van der Waals surface area contributed by atoms with Gasteiger partial charge in [0.25, 0.3) is 0 Å². The summed E-state index contributed by atoms with van der Waals surface area (Å²) in [6.07, 6.45) is 0.658. The van der Waals surface area contributed by atoms with E-state index in [-0.39, 0.29) is 18.9 Å². The van der Waals surface area contributed by atoms with Crippen molar-refractivity contribution in [2.24, 2.45) is 0 Å². The van der Waals surface area contributed by atoms with Gasteiger partial charge in [-0.2, -0.15) is 0 Å². The Balaban J connectivity index is 2.12. The second-order valence-corrected chi connectivity index (χ2v) is 6.24. The van der Waals surface area contributed by atoms with Crippen molar-refractivity contribution < 1.29 is 24.2 Å². The zero-order chi connectivity index (χ0) is 19.8. The molecule has 0 saturated heterocycles. The van der Waals surface area contributed by atoms with Crippen LogP contribution >= 0.6 is 0 Å². The topological polar surface area (TPSA) is 76.1 Å². The van der Waals surface area contributed by atoms with Gasteiger partial charge in [0, 0.05) is 19.0 Å². The van der Waals surface area contributed by atoms with E-state index in [0.717, 1.165) is 11.1 Å². The van der Waals surface area contributed by atoms with Crippen molar-refractivity contribution in [1.82, 2.24) is 4.90 Å². The highest BCUT2D eigenvalue weighted by molar-refractivity contribution is 5.83. The first-order valence-electron chi connectivity index (χ1n) is 8.72. The number of aryl methyl sites for hydroxylation is 1. The maximum atomic E-state index is 12.8. The smallest absolute Gasteiger partial charge is 0.326 e. The number of aliphatic carboxylic acids is 1. The molecule has 0 bridgehead atoms. The second-order valence-electron chi connectivity index (χ2n) is 6.24. The minimum Gasteiger partial charge on any atom is -0.497 e. The average molecular weight is 371 g/mol. The fourth-order valence-corrected chi connectivity index (χ4v) is 2.76. The largest absolute Gasteiger partial charge is 0.497 e. The van der Waals surface area contributed by atoms with E-state index in [1.165, 1.54) is 11.8 Å². The number of hydrogen-bond donors (Lipinski definition) is 1. The molecule has 0 aromatic heterocycles. The zero-order valence-electron chi connectivity index (χ0n) is 15.8. The lowest BCUT2D eigenvalue weighted by Gasteiger charge is -2.27. The Hall–Kier alpha value is -3.02. The van der Waals surface area contributed by atoms with E-state index in [1.54, 1.807) is 20.3 Å². The highest BCUT2D eigenvalue weighted by Gasteiger charge is 2.25. The molecule has 1 amide bonds. The number of nitrogens with zero attached hydrogens (tertiary/aromatic N) is 1. The Labute approximate surface area is 159 Å². The lowest BCUT2D eigenvalue weighted by Crippen LogP contribution is -2.42. The summed E-state index contributed by atoms with van der Waals surface area (Å²) in [4.78, 5) is 25.6. The molecule has 6 nitrogen and oxygen atoms in total. The first-order chi connectivity index (χ1) is 12.9. The molecule has 1 unspecified atom stereocenters. The van der Waals surface area contributed by atoms with Crippen LogP contribution in [0, 0.1) is 0 Å². The first kappa shape index (κ1) is 20.3. The summed E-state index contributed by atoms with van der Waals surface area (Å²) in [6.45, 7) is 1.78. The lowest BCUT2D eigenvalue weighted by atomic mass is 10.1. The van der Waals surface area contributed by atoms with E-state index in [0.29, 0.717) is 17.9 Å². The van der Waals surface area contributed by atoms with Gasteiger partial charge < -0.3 is 19.5 Å². The molecule has 27 heavy (non-hydrogen) atoms. The molecular weight excluding hydrogens is 346 g/mol. The van der Waals surface area contributed by atoms with E-state index in [2.05, 4.69) is 0 Å². The SMILES string of the molecule is COc1cc(CCC(=O)N(Cc2ccccc2)C(C)C(=O)O)cc(OC)c1. The molecule has 1 N–H and O–H groups in total. The normalized spacial score (nSPS) is 11.5. The molecule has 0 radical (unpaired) electrons. The number of carboxylic acid groups (broad SMARTS) is 1. The number of benzene rings is 2. The number of rotatable bonds is 9. The molecule has 2 aromatic carbocycles. The molecular formula is C21H25NO5. The van der Waals surface area contributed by atoms with Gasteiger partial charge in [0.1, 0.15) is 17.5 Å². The monoisotopic (exact) mass is 371 g/mol. The predicted octanol–water partition coefficient (Wildman–Crippen LogP) is 3.14. The van der Waals surface area contributed by atoms with E-state index in [4.69, 9.17) is 9.47 Å². The highest BCUT2D eigenvalue weighted by atomic mass is 16.5. The molecule has 0 aliphatic rings. The summed E-state index contributed by atoms with van der Waals surface area (Å²) in [5, 5.41) is 9.37. The molecule has 0 aliphatic carbocycles. The van der Waals surface area contributed by atoms with E-state index >= 15 is 0 Å². The van der Waals surface area contributed by atoms with Crippen LogP contribution in [0.2, 0.25) is 0 Å². The summed E-state index contributed by atoms with van der Waals surface area (Å²) in [5.74, 6) is 0.0616. The van der Waals surface area contributed by atoms with E-state index in [1.807, 2.05) is 42.5 Å². The Bertz CT molecular complexity index is 753. The van der Waals surface area contributed by atoms with E-state index < -0.39 is 12.0 Å². The molecule has 2 rings (SSSR count). The van der Waals surface area contributed by atoms with Gasteiger partial charge in [-0.25, -0.2) is 4.79 Å². The third-order valence-corrected chi connectivity index (χ3v) is 4.38. The highest BCUT2D eigenvalue weighted by Crippen LogP contribution is 2.23. The summed E-state index contributed by atoms with van der Waals surface area (Å²) in [6, 6.07) is 13.9. The molecule has 1 atom stereocenters. The zero-order valence-corrected chi connectivity index (χ0v) is 15.8. The van der Waals surface area contributed by atoms with Crippen molar-refractivity contribution in [1.29, 1.82) is 0 Å². The van der Waals surface area contributed by atoms with Crippen LogP contribution in [-0.2, 0) is 22.6 Å². The number of carbonyl (C=O) groups excluding carboxylic acids is 1. The quantitative estimate of drug-likeness (QED) is 0.733. The van der Waals surface area contributed by atoms with Crippen LogP contribution in [0.3, 0.4) is 0 Å². The van der Waals surface area contributed by atoms with Crippen LogP contribution < -0.4 is 9.47 Å². The van der Waals surface area contributed by atoms with Crippen molar-refractivity contribution >= 4 is 11.9 Å². The number of carbonyl (C=O) groups is 2. The van der Waals surface area contributed by atoms with Crippen LogP contribution in [0.1, 0.15) is 24.5 Å². The number of ether oxygens (including phenoxy) is 2. The van der Waals surface area contributed by atoms with Crippen molar-refractivity contribution in [2.45, 2.75) is 32.4 Å². The standard InChI is InChI=1S/C21H25NO5/c1-15(21(24)25)22(14-16-7-5-4-6-8-16)20(23)10-9-17-11-18(26-2)13-19(12-17)27-3/h4-8,11-13,15H,9-10,14H2,1-3H3,(H,24,25). The second kappa shape index (κ2) is 9.62. The third kappa shape index (κ3) is 5.74. The van der Waals surface area contributed by atoms with Crippen LogP contribution in [-0.4, -0.2) is 42.1 Å². The lowest BCUT2D eigenvalue weighted by molar-refractivity contribution is -0.150. The van der Waals surface area contributed by atoms with Gasteiger partial charge in [-0.15, -0.1) is 0 Å². The molecule has 144 valence electrons. The van der Waals surface area contributed by atoms with Crippen molar-refractivity contribution in [3.63, 3.8) is 0 Å². The van der Waals surface area contributed by atoms with Gasteiger partial charge in [0.2, 0.25) is 5.91 Å². The van der Waals surface area contributed by atoms with Crippen LogP contribution in [0.15, 0.2) is 48.5 Å². The maximum Gasteiger partial charge on any atom is 0.326 e. The Morgan fingerprint density at radius 2 is 1.59 bits per heavy atom. The molecule has 0 saturated carbocycles. The Morgan fingerprint density at radius 3 is 2.11 bits per heavy atom. The molecule has 0 heterocycles. The molecule has 0 aliphatic heterocycles. The number of methoxy groups -OCH3 is 2. The first-order valence-corrected chi connectivity index (χ1v) is 8.72. The minimum atomic E-state index is -1.03. The van der Waals surface area contributed by atoms with Gasteiger partial charge in [-0.05, 0) is 36.6 Å². The maximum absolute atomic E-state index is 12.8. The molecule has 6 heteroatoms. The van der Waals surface area contributed by atoms with Crippen molar-refractivity contribution in [3.8, 4) is 11.5 Å². The summed E-state index contributed by atoms with van der Waals surface area (Å²) >= 11 is 0. The molecule has 0 spiro atoms. The van der Waals surface area contributed by atoms with Crippen molar-refractivity contribution in [3.05, 3.63) is 59.7 Å². The Morgan fingerprint density at radius 1 is 1.00 bits per heavy atom. The fraction of sp³-hybridized carbons (Fsp3) is 0.333. The fourth-order valence-electron chi connectivity index (χ4n) is 2.76. The van der Waals surface area contributed by atoms with Crippen LogP contribution in [0.5, 0.6) is 11.5 Å². The van der Waals surface area contributed by atoms with Crippen LogP contribution in [0.25, 0.3) is 0 Å². The van der Waals surface area contributed by atoms with Gasteiger partial charge in [0.15, 0.2) is 0 Å². The van der Waals surface area contributed by atoms with Gasteiger partial charge in [-0.1, -0.05) is 30.3 Å². The summed E-state index contributed by atoms with van der Waals surface area (Å²) in [7, 11) is 3.14. The average Bonchev–Trinajstić information content (AvgIpc) is 2.70. The number of amides is 1. The van der Waals surface area contributed by atoms with Gasteiger partial charge in [-0.3, -0.25) is 4.79 Å². The van der Waals surface area contributed by atoms with E-state index in [9.17, 15) is 14.7 Å².